The number of nitrogens with zero attached hydrogens (tertiary/aromatic N) is 2. The van der Waals surface area contributed by atoms with Gasteiger partial charge in [-0.2, -0.15) is 5.10 Å². The summed E-state index contributed by atoms with van der Waals surface area (Å²) >= 11 is 5.88. The quantitative estimate of drug-likeness (QED) is 0.477. The summed E-state index contributed by atoms with van der Waals surface area (Å²) in [5, 5.41) is 19.7. The van der Waals surface area contributed by atoms with Gasteiger partial charge in [-0.05, 0) is 54.3 Å². The predicted octanol–water partition coefficient (Wildman–Crippen LogP) is 5.31. The fraction of sp³-hybridized carbons (Fsp3) is 0.227. The molecule has 1 heterocycles. The lowest BCUT2D eigenvalue weighted by Gasteiger charge is -2.11. The number of anilines is 2. The van der Waals surface area contributed by atoms with Crippen LogP contribution in [0.25, 0.3) is 5.69 Å². The standard InChI is InChI=1S/C22H23ClN4O3/c1-14(2)19-13-20(25-22(30)24-17-9-7-16(23)8-10-17)27(26-19)18-5-3-4-15(12-18)6-11-21(28)29/h3-5,7-10,12-14H,6,11H2,1-2H3,(H,28,29)(H2,24,25,30). The van der Waals surface area contributed by atoms with E-state index in [0.717, 1.165) is 16.9 Å². The zero-order chi connectivity index (χ0) is 21.7. The zero-order valence-electron chi connectivity index (χ0n) is 16.7. The predicted molar refractivity (Wildman–Crippen MR) is 118 cm³/mol. The molecule has 0 aliphatic rings. The second-order valence-corrected chi connectivity index (χ2v) is 7.61. The van der Waals surface area contributed by atoms with Crippen LogP contribution in [-0.2, 0) is 11.2 Å². The van der Waals surface area contributed by atoms with Gasteiger partial charge in [0.15, 0.2) is 0 Å². The summed E-state index contributed by atoms with van der Waals surface area (Å²) in [5.41, 5.74) is 3.06. The van der Waals surface area contributed by atoms with E-state index in [0.29, 0.717) is 22.9 Å². The fourth-order valence-corrected chi connectivity index (χ4v) is 3.00. The minimum Gasteiger partial charge on any atom is -0.481 e. The Balaban J connectivity index is 1.84. The van der Waals surface area contributed by atoms with E-state index in [1.807, 2.05) is 44.2 Å². The van der Waals surface area contributed by atoms with E-state index < -0.39 is 12.0 Å². The molecule has 3 rings (SSSR count). The molecule has 0 spiro atoms. The largest absolute Gasteiger partial charge is 0.481 e. The van der Waals surface area contributed by atoms with Crippen LogP contribution < -0.4 is 10.6 Å². The van der Waals surface area contributed by atoms with Crippen LogP contribution in [0, 0.1) is 0 Å². The molecule has 156 valence electrons. The number of carboxylic acids is 1. The third-order valence-corrected chi connectivity index (χ3v) is 4.70. The lowest BCUT2D eigenvalue weighted by atomic mass is 10.1. The van der Waals surface area contributed by atoms with E-state index in [1.165, 1.54) is 0 Å². The van der Waals surface area contributed by atoms with Crippen molar-refractivity contribution in [1.29, 1.82) is 0 Å². The lowest BCUT2D eigenvalue weighted by molar-refractivity contribution is -0.136. The van der Waals surface area contributed by atoms with Gasteiger partial charge >= 0.3 is 12.0 Å². The van der Waals surface area contributed by atoms with Crippen LogP contribution in [0.5, 0.6) is 0 Å². The average molecular weight is 427 g/mol. The topological polar surface area (TPSA) is 96.2 Å². The highest BCUT2D eigenvalue weighted by Gasteiger charge is 2.15. The molecule has 0 radical (unpaired) electrons. The number of benzene rings is 2. The molecule has 0 aliphatic heterocycles. The van der Waals surface area contributed by atoms with E-state index >= 15 is 0 Å². The number of rotatable bonds is 7. The molecule has 8 heteroatoms. The molecule has 0 bridgehead atoms. The van der Waals surface area contributed by atoms with Crippen molar-refractivity contribution in [1.82, 2.24) is 9.78 Å². The number of carboxylic acid groups (broad SMARTS) is 1. The molecule has 0 unspecified atom stereocenters. The Kier molecular flexibility index (Phi) is 6.74. The summed E-state index contributed by atoms with van der Waals surface area (Å²) in [4.78, 5) is 23.4. The Hall–Kier alpha value is -3.32. The van der Waals surface area contributed by atoms with Crippen molar-refractivity contribution in [3.05, 3.63) is 70.9 Å². The molecule has 2 amide bonds. The van der Waals surface area contributed by atoms with Gasteiger partial charge in [0.25, 0.3) is 0 Å². The van der Waals surface area contributed by atoms with E-state index in [1.54, 1.807) is 28.9 Å². The average Bonchev–Trinajstić information content (AvgIpc) is 3.12. The number of hydrogen-bond donors (Lipinski definition) is 3. The van der Waals surface area contributed by atoms with Gasteiger partial charge in [0.1, 0.15) is 5.82 Å². The normalized spacial score (nSPS) is 10.8. The maximum Gasteiger partial charge on any atom is 0.324 e. The number of carbonyl (C=O) groups excluding carboxylic acids is 1. The van der Waals surface area contributed by atoms with Gasteiger partial charge in [-0.25, -0.2) is 9.48 Å². The molecule has 30 heavy (non-hydrogen) atoms. The number of aliphatic carboxylic acids is 1. The SMILES string of the molecule is CC(C)c1cc(NC(=O)Nc2ccc(Cl)cc2)n(-c2cccc(CCC(=O)O)c2)n1. The number of carbonyl (C=O) groups is 2. The van der Waals surface area contributed by atoms with Gasteiger partial charge < -0.3 is 10.4 Å². The maximum absolute atomic E-state index is 12.5. The third kappa shape index (κ3) is 5.61. The molecule has 1 aromatic heterocycles. The number of amides is 2. The first-order valence-corrected chi connectivity index (χ1v) is 9.94. The number of aryl methyl sites for hydroxylation is 1. The zero-order valence-corrected chi connectivity index (χ0v) is 17.5. The molecule has 0 aliphatic carbocycles. The summed E-state index contributed by atoms with van der Waals surface area (Å²) in [6.45, 7) is 4.04. The van der Waals surface area contributed by atoms with Crippen molar-refractivity contribution in [2.75, 3.05) is 10.6 Å². The molecule has 0 saturated carbocycles. The maximum atomic E-state index is 12.5. The van der Waals surface area contributed by atoms with Crippen LogP contribution in [0.2, 0.25) is 5.02 Å². The molecule has 7 nitrogen and oxygen atoms in total. The molecule has 2 aromatic carbocycles. The fourth-order valence-electron chi connectivity index (χ4n) is 2.87. The molecular formula is C22H23ClN4O3. The first-order chi connectivity index (χ1) is 14.3. The molecule has 0 saturated heterocycles. The Bertz CT molecular complexity index is 1040. The van der Waals surface area contributed by atoms with Crippen molar-refractivity contribution < 1.29 is 14.7 Å². The summed E-state index contributed by atoms with van der Waals surface area (Å²) in [6, 6.07) is 15.7. The highest BCUT2D eigenvalue weighted by atomic mass is 35.5. The minimum atomic E-state index is -0.845. The summed E-state index contributed by atoms with van der Waals surface area (Å²) in [6.07, 6.45) is 0.468. The Morgan fingerprint density at radius 2 is 1.83 bits per heavy atom. The summed E-state index contributed by atoms with van der Waals surface area (Å²) in [7, 11) is 0. The van der Waals surface area contributed by atoms with E-state index in [-0.39, 0.29) is 12.3 Å². The van der Waals surface area contributed by atoms with Gasteiger partial charge in [-0.15, -0.1) is 0 Å². The van der Waals surface area contributed by atoms with Crippen LogP contribution in [0.3, 0.4) is 0 Å². The van der Waals surface area contributed by atoms with Crippen LogP contribution in [0.4, 0.5) is 16.3 Å². The monoisotopic (exact) mass is 426 g/mol. The number of halogens is 1. The molecular weight excluding hydrogens is 404 g/mol. The van der Waals surface area contributed by atoms with Crippen LogP contribution in [0.1, 0.15) is 37.4 Å². The highest BCUT2D eigenvalue weighted by Crippen LogP contribution is 2.23. The van der Waals surface area contributed by atoms with E-state index in [2.05, 4.69) is 15.7 Å². The van der Waals surface area contributed by atoms with Crippen molar-refractivity contribution >= 4 is 35.1 Å². The van der Waals surface area contributed by atoms with Crippen LogP contribution >= 0.6 is 11.6 Å². The third-order valence-electron chi connectivity index (χ3n) is 4.45. The van der Waals surface area contributed by atoms with Gasteiger partial charge in [-0.3, -0.25) is 10.1 Å². The Morgan fingerprint density at radius 3 is 2.50 bits per heavy atom. The second-order valence-electron chi connectivity index (χ2n) is 7.17. The summed E-state index contributed by atoms with van der Waals surface area (Å²) in [5.74, 6) is -0.162. The van der Waals surface area contributed by atoms with Crippen molar-refractivity contribution in [3.8, 4) is 5.69 Å². The van der Waals surface area contributed by atoms with Crippen molar-refractivity contribution in [2.24, 2.45) is 0 Å². The first-order valence-electron chi connectivity index (χ1n) is 9.56. The lowest BCUT2D eigenvalue weighted by Crippen LogP contribution is -2.21. The second kappa shape index (κ2) is 9.45. The van der Waals surface area contributed by atoms with Crippen molar-refractivity contribution in [3.63, 3.8) is 0 Å². The number of aromatic nitrogens is 2. The molecule has 0 fully saturated rings. The number of urea groups is 1. The van der Waals surface area contributed by atoms with Gasteiger partial charge in [0, 0.05) is 23.2 Å². The van der Waals surface area contributed by atoms with Gasteiger partial charge in [0.2, 0.25) is 0 Å². The summed E-state index contributed by atoms with van der Waals surface area (Å²) < 4.78 is 1.65. The Labute approximate surface area is 179 Å². The minimum absolute atomic E-state index is 0.0500. The van der Waals surface area contributed by atoms with Gasteiger partial charge in [0.05, 0.1) is 11.4 Å². The van der Waals surface area contributed by atoms with Crippen molar-refractivity contribution in [2.45, 2.75) is 32.6 Å². The number of hydrogen-bond acceptors (Lipinski definition) is 3. The Morgan fingerprint density at radius 1 is 1.10 bits per heavy atom. The van der Waals surface area contributed by atoms with Gasteiger partial charge in [-0.1, -0.05) is 37.6 Å². The first kappa shape index (κ1) is 21.4. The molecule has 3 aromatic rings. The van der Waals surface area contributed by atoms with Crippen LogP contribution in [0.15, 0.2) is 54.6 Å². The van der Waals surface area contributed by atoms with Crippen LogP contribution in [-0.4, -0.2) is 26.9 Å². The highest BCUT2D eigenvalue weighted by molar-refractivity contribution is 6.30. The molecule has 3 N–H and O–H groups in total. The van der Waals surface area contributed by atoms with E-state index in [9.17, 15) is 9.59 Å². The molecule has 0 atom stereocenters. The van der Waals surface area contributed by atoms with E-state index in [4.69, 9.17) is 16.7 Å². The smallest absolute Gasteiger partial charge is 0.324 e. The number of nitrogens with one attached hydrogen (secondary N) is 2.